The fourth-order valence-electron chi connectivity index (χ4n) is 4.89. The van der Waals surface area contributed by atoms with Crippen molar-refractivity contribution in [2.75, 3.05) is 19.6 Å². The van der Waals surface area contributed by atoms with Crippen molar-refractivity contribution in [2.24, 2.45) is 23.5 Å². The molecule has 0 aromatic rings. The highest BCUT2D eigenvalue weighted by Crippen LogP contribution is 2.45. The van der Waals surface area contributed by atoms with Crippen LogP contribution < -0.4 is 5.73 Å². The summed E-state index contributed by atoms with van der Waals surface area (Å²) in [5, 5.41) is 0. The number of hydrogen-bond donors (Lipinski definition) is 1. The van der Waals surface area contributed by atoms with Gasteiger partial charge < -0.3 is 5.73 Å². The number of fused-ring (bicyclic) bond motifs is 1. The molecule has 2 N–H and O–H groups in total. The van der Waals surface area contributed by atoms with Gasteiger partial charge in [-0.05, 0) is 56.3 Å². The Kier molecular flexibility index (Phi) is 3.68. The third-order valence-corrected chi connectivity index (χ3v) is 6.39. The van der Waals surface area contributed by atoms with Crippen LogP contribution in [0.5, 0.6) is 0 Å². The number of nitrogens with two attached hydrogens (primary N) is 1. The van der Waals surface area contributed by atoms with E-state index in [1.54, 1.807) is 0 Å². The lowest BCUT2D eigenvalue weighted by molar-refractivity contribution is 0.0553. The lowest BCUT2D eigenvalue weighted by Crippen LogP contribution is -2.55. The Morgan fingerprint density at radius 1 is 1.06 bits per heavy atom. The van der Waals surface area contributed by atoms with Crippen LogP contribution in [0, 0.1) is 17.8 Å². The van der Waals surface area contributed by atoms with E-state index in [4.69, 9.17) is 5.73 Å². The molecule has 2 saturated carbocycles. The molecule has 0 aromatic carbocycles. The summed E-state index contributed by atoms with van der Waals surface area (Å²) < 4.78 is 0. The molecule has 3 aliphatic rings. The molecule has 0 bridgehead atoms. The first-order valence-electron chi connectivity index (χ1n) is 8.22. The van der Waals surface area contributed by atoms with E-state index in [-0.39, 0.29) is 0 Å². The van der Waals surface area contributed by atoms with Crippen LogP contribution >= 0.6 is 0 Å². The van der Waals surface area contributed by atoms with Gasteiger partial charge in [0.2, 0.25) is 0 Å². The summed E-state index contributed by atoms with van der Waals surface area (Å²) in [5.41, 5.74) is 6.60. The van der Waals surface area contributed by atoms with E-state index in [1.807, 2.05) is 0 Å². The Labute approximate surface area is 112 Å². The molecule has 1 saturated heterocycles. The summed E-state index contributed by atoms with van der Waals surface area (Å²) >= 11 is 0. The molecule has 0 amide bonds. The number of nitrogens with zero attached hydrogens (tertiary/aromatic N) is 1. The van der Waals surface area contributed by atoms with E-state index in [0.717, 1.165) is 24.3 Å². The Morgan fingerprint density at radius 3 is 2.17 bits per heavy atom. The van der Waals surface area contributed by atoms with Gasteiger partial charge in [-0.3, -0.25) is 4.90 Å². The molecule has 3 rings (SSSR count). The molecule has 1 heterocycles. The summed E-state index contributed by atoms with van der Waals surface area (Å²) in [6, 6.07) is 0. The first-order chi connectivity index (χ1) is 8.77. The lowest BCUT2D eigenvalue weighted by Gasteiger charge is -2.46. The van der Waals surface area contributed by atoms with Gasteiger partial charge in [0.25, 0.3) is 0 Å². The van der Waals surface area contributed by atoms with E-state index >= 15 is 0 Å². The third-order valence-electron chi connectivity index (χ3n) is 6.39. The summed E-state index contributed by atoms with van der Waals surface area (Å²) in [6.07, 6.45) is 11.4. The average molecular weight is 250 g/mol. The van der Waals surface area contributed by atoms with Crippen molar-refractivity contribution < 1.29 is 0 Å². The molecule has 2 unspecified atom stereocenters. The van der Waals surface area contributed by atoms with Crippen LogP contribution in [0.2, 0.25) is 0 Å². The molecule has 0 radical (unpaired) electrons. The molecule has 2 aliphatic carbocycles. The van der Waals surface area contributed by atoms with Crippen LogP contribution in [0.15, 0.2) is 0 Å². The summed E-state index contributed by atoms with van der Waals surface area (Å²) in [5.74, 6) is 3.00. The van der Waals surface area contributed by atoms with Crippen molar-refractivity contribution in [1.82, 2.24) is 4.90 Å². The predicted molar refractivity (Wildman–Crippen MR) is 76.4 cm³/mol. The molecule has 1 aliphatic heterocycles. The van der Waals surface area contributed by atoms with Crippen LogP contribution in [-0.2, 0) is 0 Å². The molecule has 2 heteroatoms. The van der Waals surface area contributed by atoms with Crippen molar-refractivity contribution in [3.05, 3.63) is 0 Å². The molecule has 2 atom stereocenters. The Bertz CT molecular complexity index is 269. The van der Waals surface area contributed by atoms with Gasteiger partial charge in [0.1, 0.15) is 0 Å². The average Bonchev–Trinajstić information content (AvgIpc) is 3.00. The zero-order chi connectivity index (χ0) is 12.6. The Hall–Kier alpha value is -0.0800. The maximum absolute atomic E-state index is 6.21. The molecule has 0 spiro atoms. The maximum Gasteiger partial charge on any atom is 0.0332 e. The maximum atomic E-state index is 6.21. The van der Waals surface area contributed by atoms with Crippen LogP contribution in [0.4, 0.5) is 0 Å². The van der Waals surface area contributed by atoms with Crippen LogP contribution in [0.25, 0.3) is 0 Å². The highest BCUT2D eigenvalue weighted by atomic mass is 15.2. The van der Waals surface area contributed by atoms with E-state index in [9.17, 15) is 0 Å². The molecule has 3 fully saturated rings. The van der Waals surface area contributed by atoms with Gasteiger partial charge in [0, 0.05) is 25.2 Å². The van der Waals surface area contributed by atoms with Gasteiger partial charge in [-0.1, -0.05) is 19.8 Å². The van der Waals surface area contributed by atoms with E-state index < -0.39 is 0 Å². The zero-order valence-electron chi connectivity index (χ0n) is 12.0. The highest BCUT2D eigenvalue weighted by molar-refractivity contribution is 5.01. The van der Waals surface area contributed by atoms with Crippen molar-refractivity contribution in [3.63, 3.8) is 0 Å². The third kappa shape index (κ3) is 2.12. The largest absolute Gasteiger partial charge is 0.329 e. The van der Waals surface area contributed by atoms with Gasteiger partial charge in [0.15, 0.2) is 0 Å². The van der Waals surface area contributed by atoms with Gasteiger partial charge in [-0.2, -0.15) is 0 Å². The second-order valence-corrected chi connectivity index (χ2v) is 7.14. The molecular weight excluding hydrogens is 220 g/mol. The van der Waals surface area contributed by atoms with Crippen LogP contribution in [0.1, 0.15) is 58.3 Å². The second-order valence-electron chi connectivity index (χ2n) is 7.14. The van der Waals surface area contributed by atoms with Crippen molar-refractivity contribution >= 4 is 0 Å². The van der Waals surface area contributed by atoms with Crippen LogP contribution in [-0.4, -0.2) is 30.1 Å². The summed E-state index contributed by atoms with van der Waals surface area (Å²) in [4.78, 5) is 2.81. The summed E-state index contributed by atoms with van der Waals surface area (Å²) in [6.45, 7) is 5.96. The molecular formula is C16H30N2. The van der Waals surface area contributed by atoms with Gasteiger partial charge in [-0.15, -0.1) is 0 Å². The molecule has 18 heavy (non-hydrogen) atoms. The van der Waals surface area contributed by atoms with Crippen LogP contribution in [0.3, 0.4) is 0 Å². The minimum absolute atomic E-state index is 0.385. The predicted octanol–water partition coefficient (Wildman–Crippen LogP) is 3.02. The smallest absolute Gasteiger partial charge is 0.0332 e. The first kappa shape index (κ1) is 12.9. The normalized spacial score (nSPS) is 45.3. The van der Waals surface area contributed by atoms with Crippen molar-refractivity contribution in [2.45, 2.75) is 63.8 Å². The highest BCUT2D eigenvalue weighted by Gasteiger charge is 2.46. The fraction of sp³-hybridized carbons (Fsp3) is 1.00. The second kappa shape index (κ2) is 5.13. The van der Waals surface area contributed by atoms with Crippen molar-refractivity contribution in [3.8, 4) is 0 Å². The fourth-order valence-corrected chi connectivity index (χ4v) is 4.89. The Morgan fingerprint density at radius 2 is 1.67 bits per heavy atom. The standard InChI is InChI=1S/C16H30N2/c1-2-13-6-8-16(12-17,9-7-13)18-10-14-4-3-5-15(14)11-18/h13-15H,2-12,17H2,1H3. The van der Waals surface area contributed by atoms with E-state index in [2.05, 4.69) is 11.8 Å². The summed E-state index contributed by atoms with van der Waals surface area (Å²) in [7, 11) is 0. The van der Waals surface area contributed by atoms with Gasteiger partial charge >= 0.3 is 0 Å². The number of likely N-dealkylation sites (tertiary alicyclic amines) is 1. The lowest BCUT2D eigenvalue weighted by atomic mass is 9.74. The zero-order valence-corrected chi connectivity index (χ0v) is 12.0. The van der Waals surface area contributed by atoms with Gasteiger partial charge in [0.05, 0.1) is 0 Å². The minimum Gasteiger partial charge on any atom is -0.329 e. The van der Waals surface area contributed by atoms with Crippen molar-refractivity contribution in [1.29, 1.82) is 0 Å². The minimum atomic E-state index is 0.385. The first-order valence-corrected chi connectivity index (χ1v) is 8.22. The topological polar surface area (TPSA) is 29.3 Å². The number of rotatable bonds is 3. The SMILES string of the molecule is CCC1CCC(CN)(N2CC3CCCC3C2)CC1. The van der Waals surface area contributed by atoms with E-state index in [1.165, 1.54) is 64.5 Å². The van der Waals surface area contributed by atoms with Gasteiger partial charge in [-0.25, -0.2) is 0 Å². The molecule has 0 aromatic heterocycles. The molecule has 104 valence electrons. The Balaban J connectivity index is 1.66. The molecule has 2 nitrogen and oxygen atoms in total. The number of hydrogen-bond acceptors (Lipinski definition) is 2. The van der Waals surface area contributed by atoms with E-state index in [0.29, 0.717) is 5.54 Å². The quantitative estimate of drug-likeness (QED) is 0.834. The monoisotopic (exact) mass is 250 g/mol.